The van der Waals surface area contributed by atoms with Crippen LogP contribution in [-0.4, -0.2) is 9.97 Å². The van der Waals surface area contributed by atoms with Crippen LogP contribution in [0.2, 0.25) is 0 Å². The van der Waals surface area contributed by atoms with E-state index in [1.165, 1.54) is 0 Å². The minimum atomic E-state index is 0.675. The predicted molar refractivity (Wildman–Crippen MR) is 56.6 cm³/mol. The summed E-state index contributed by atoms with van der Waals surface area (Å²) in [6, 6.07) is 7.69. The Kier molecular flexibility index (Phi) is 2.14. The summed E-state index contributed by atoms with van der Waals surface area (Å²) in [5.41, 5.74) is 9.13. The van der Waals surface area contributed by atoms with Gasteiger partial charge >= 0.3 is 0 Å². The molecule has 0 atom stereocenters. The molecule has 0 spiro atoms. The summed E-state index contributed by atoms with van der Waals surface area (Å²) < 4.78 is 0. The maximum atomic E-state index is 5.55. The maximum Gasteiger partial charge on any atom is 0.0719 e. The molecule has 0 amide bonds. The fraction of sp³-hybridized carbons (Fsp3) is 0.0909. The molecule has 70 valence electrons. The first-order valence-electron chi connectivity index (χ1n) is 4.40. The van der Waals surface area contributed by atoms with E-state index in [0.29, 0.717) is 5.69 Å². The summed E-state index contributed by atoms with van der Waals surface area (Å²) in [6.07, 6.45) is 3.46. The van der Waals surface area contributed by atoms with Gasteiger partial charge in [-0.25, -0.2) is 0 Å². The van der Waals surface area contributed by atoms with Gasteiger partial charge in [0.2, 0.25) is 0 Å². The smallest absolute Gasteiger partial charge is 0.0719 e. The summed E-state index contributed by atoms with van der Waals surface area (Å²) in [5, 5.41) is 0. The lowest BCUT2D eigenvalue weighted by Gasteiger charge is -2.00. The van der Waals surface area contributed by atoms with E-state index in [9.17, 15) is 0 Å². The van der Waals surface area contributed by atoms with Crippen molar-refractivity contribution in [3.05, 3.63) is 42.4 Å². The normalized spacial score (nSPS) is 10.1. The molecule has 0 saturated heterocycles. The number of anilines is 1. The van der Waals surface area contributed by atoms with Gasteiger partial charge in [0.1, 0.15) is 0 Å². The molecule has 2 aromatic heterocycles. The number of pyridine rings is 2. The minimum Gasteiger partial charge on any atom is -0.397 e. The Bertz CT molecular complexity index is 374. The van der Waals surface area contributed by atoms with Crippen LogP contribution < -0.4 is 5.73 Å². The van der Waals surface area contributed by atoms with Crippen molar-refractivity contribution in [1.82, 2.24) is 9.97 Å². The third-order valence-corrected chi connectivity index (χ3v) is 1.99. The Morgan fingerprint density at radius 2 is 1.86 bits per heavy atom. The van der Waals surface area contributed by atoms with Crippen LogP contribution in [0.4, 0.5) is 5.69 Å². The Labute approximate surface area is 82.6 Å². The number of hydrogen-bond donors (Lipinski definition) is 1. The van der Waals surface area contributed by atoms with Crippen LogP contribution in [0.3, 0.4) is 0 Å². The van der Waals surface area contributed by atoms with Gasteiger partial charge in [-0.1, -0.05) is 0 Å². The fourth-order valence-corrected chi connectivity index (χ4v) is 1.20. The van der Waals surface area contributed by atoms with Crippen LogP contribution in [0.1, 0.15) is 5.69 Å². The topological polar surface area (TPSA) is 51.8 Å². The fourth-order valence-electron chi connectivity index (χ4n) is 1.20. The Balaban J connectivity index is 2.40. The summed E-state index contributed by atoms with van der Waals surface area (Å²) in [5.74, 6) is 0. The van der Waals surface area contributed by atoms with E-state index in [1.807, 2.05) is 37.4 Å². The molecule has 3 nitrogen and oxygen atoms in total. The molecule has 0 unspecified atom stereocenters. The van der Waals surface area contributed by atoms with E-state index in [2.05, 4.69) is 9.97 Å². The first kappa shape index (κ1) is 8.69. The highest BCUT2D eigenvalue weighted by Gasteiger charge is 1.98. The van der Waals surface area contributed by atoms with E-state index in [0.717, 1.165) is 17.0 Å². The zero-order chi connectivity index (χ0) is 9.97. The average Bonchev–Trinajstić information content (AvgIpc) is 2.21. The van der Waals surface area contributed by atoms with Gasteiger partial charge in [-0.3, -0.25) is 9.97 Å². The lowest BCUT2D eigenvalue weighted by atomic mass is 10.2. The molecule has 2 aromatic rings. The van der Waals surface area contributed by atoms with Crippen LogP contribution in [0, 0.1) is 6.92 Å². The second-order valence-electron chi connectivity index (χ2n) is 3.17. The third kappa shape index (κ3) is 1.71. The van der Waals surface area contributed by atoms with Crippen molar-refractivity contribution in [1.29, 1.82) is 0 Å². The quantitative estimate of drug-likeness (QED) is 0.739. The van der Waals surface area contributed by atoms with Gasteiger partial charge in [-0.15, -0.1) is 0 Å². The molecule has 0 aromatic carbocycles. The van der Waals surface area contributed by atoms with E-state index in [1.54, 1.807) is 6.20 Å². The lowest BCUT2D eigenvalue weighted by molar-refractivity contribution is 1.19. The van der Waals surface area contributed by atoms with E-state index in [4.69, 9.17) is 5.73 Å². The number of aromatic nitrogens is 2. The van der Waals surface area contributed by atoms with Crippen LogP contribution in [0.25, 0.3) is 11.3 Å². The summed E-state index contributed by atoms with van der Waals surface area (Å²) in [7, 11) is 0. The molecule has 0 aliphatic heterocycles. The number of hydrogen-bond acceptors (Lipinski definition) is 3. The van der Waals surface area contributed by atoms with E-state index in [-0.39, 0.29) is 0 Å². The van der Waals surface area contributed by atoms with Crippen LogP contribution >= 0.6 is 0 Å². The number of aryl methyl sites for hydroxylation is 1. The lowest BCUT2D eigenvalue weighted by Crippen LogP contribution is -1.89. The molecule has 2 rings (SSSR count). The second-order valence-corrected chi connectivity index (χ2v) is 3.17. The molecule has 0 aliphatic rings. The van der Waals surface area contributed by atoms with Gasteiger partial charge in [-0.2, -0.15) is 0 Å². The first-order chi connectivity index (χ1) is 6.75. The standard InChI is InChI=1S/C11H11N3/c1-8-2-3-9(6-13-8)11-5-4-10(12)7-14-11/h2-7H,12H2,1H3. The van der Waals surface area contributed by atoms with Crippen molar-refractivity contribution in [3.8, 4) is 11.3 Å². The van der Waals surface area contributed by atoms with Crippen molar-refractivity contribution in [3.63, 3.8) is 0 Å². The number of rotatable bonds is 1. The third-order valence-electron chi connectivity index (χ3n) is 1.99. The highest BCUT2D eigenvalue weighted by Crippen LogP contribution is 2.16. The molecule has 0 fully saturated rings. The van der Waals surface area contributed by atoms with E-state index < -0.39 is 0 Å². The van der Waals surface area contributed by atoms with Crippen molar-refractivity contribution in [2.45, 2.75) is 6.92 Å². The Hall–Kier alpha value is -1.90. The van der Waals surface area contributed by atoms with Crippen molar-refractivity contribution < 1.29 is 0 Å². The molecular weight excluding hydrogens is 174 g/mol. The molecule has 3 heteroatoms. The molecule has 0 radical (unpaired) electrons. The monoisotopic (exact) mass is 185 g/mol. The highest BCUT2D eigenvalue weighted by atomic mass is 14.7. The summed E-state index contributed by atoms with van der Waals surface area (Å²) in [6.45, 7) is 1.96. The second kappa shape index (κ2) is 3.46. The van der Waals surface area contributed by atoms with Crippen LogP contribution in [-0.2, 0) is 0 Å². The predicted octanol–water partition coefficient (Wildman–Crippen LogP) is 2.03. The van der Waals surface area contributed by atoms with Gasteiger partial charge in [0, 0.05) is 17.5 Å². The van der Waals surface area contributed by atoms with Crippen molar-refractivity contribution >= 4 is 5.69 Å². The van der Waals surface area contributed by atoms with Gasteiger partial charge in [0.25, 0.3) is 0 Å². The number of nitrogens with zero attached hydrogens (tertiary/aromatic N) is 2. The van der Waals surface area contributed by atoms with Gasteiger partial charge in [0.15, 0.2) is 0 Å². The number of nitrogen functional groups attached to an aromatic ring is 1. The summed E-state index contributed by atoms with van der Waals surface area (Å²) in [4.78, 5) is 8.42. The van der Waals surface area contributed by atoms with Gasteiger partial charge in [-0.05, 0) is 31.2 Å². The SMILES string of the molecule is Cc1ccc(-c2ccc(N)cn2)cn1. The Morgan fingerprint density at radius 1 is 1.00 bits per heavy atom. The number of nitrogens with two attached hydrogens (primary N) is 1. The average molecular weight is 185 g/mol. The molecule has 2 N–H and O–H groups in total. The zero-order valence-corrected chi connectivity index (χ0v) is 7.94. The zero-order valence-electron chi connectivity index (χ0n) is 7.94. The van der Waals surface area contributed by atoms with E-state index >= 15 is 0 Å². The molecule has 0 bridgehead atoms. The minimum absolute atomic E-state index is 0.675. The van der Waals surface area contributed by atoms with Gasteiger partial charge in [0.05, 0.1) is 17.6 Å². The highest BCUT2D eigenvalue weighted by molar-refractivity contribution is 5.59. The van der Waals surface area contributed by atoms with Crippen molar-refractivity contribution in [2.24, 2.45) is 0 Å². The molecular formula is C11H11N3. The van der Waals surface area contributed by atoms with Crippen LogP contribution in [0.15, 0.2) is 36.7 Å². The first-order valence-corrected chi connectivity index (χ1v) is 4.40. The van der Waals surface area contributed by atoms with Crippen molar-refractivity contribution in [2.75, 3.05) is 5.73 Å². The maximum absolute atomic E-state index is 5.55. The molecule has 14 heavy (non-hydrogen) atoms. The largest absolute Gasteiger partial charge is 0.397 e. The summed E-state index contributed by atoms with van der Waals surface area (Å²) >= 11 is 0. The Morgan fingerprint density at radius 3 is 2.43 bits per heavy atom. The van der Waals surface area contributed by atoms with Crippen LogP contribution in [0.5, 0.6) is 0 Å². The van der Waals surface area contributed by atoms with Gasteiger partial charge < -0.3 is 5.73 Å². The molecule has 0 aliphatic carbocycles. The molecule has 2 heterocycles. The molecule has 0 saturated carbocycles.